The highest BCUT2D eigenvalue weighted by Crippen LogP contribution is 1.76. The molecule has 0 amide bonds. The van der Waals surface area contributed by atoms with E-state index in [1.807, 2.05) is 0 Å². The highest BCUT2D eigenvalue weighted by atomic mass is 15.0. The molecule has 0 aromatic heterocycles. The van der Waals surface area contributed by atoms with Gasteiger partial charge in [-0.15, -0.1) is 0 Å². The fourth-order valence-corrected chi connectivity index (χ4v) is 0. The molecule has 0 saturated carbocycles. The number of hydrogen-bond acceptors (Lipinski definition) is 3. The summed E-state index contributed by atoms with van der Waals surface area (Å²) in [5.74, 6) is 0. The zero-order valence-electron chi connectivity index (χ0n) is 3.94. The molecule has 0 aliphatic rings. The molecular weight excluding hydrogens is 78.1 g/mol. The first-order valence-corrected chi connectivity index (χ1v) is 1.84. The summed E-state index contributed by atoms with van der Waals surface area (Å²) >= 11 is 0. The number of rotatable bonds is 1. The van der Waals surface area contributed by atoms with Crippen LogP contribution in [0.25, 0.3) is 0 Å². The SMILES string of the molecule is CC(N)(N)CN. The van der Waals surface area contributed by atoms with Gasteiger partial charge in [0.25, 0.3) is 0 Å². The van der Waals surface area contributed by atoms with Crippen molar-refractivity contribution in [3.05, 3.63) is 0 Å². The predicted octanol–water partition coefficient (Wildman–Crippen LogP) is -1.42. The lowest BCUT2D eigenvalue weighted by molar-refractivity contribution is 0.503. The molecule has 0 aromatic carbocycles. The molecule has 0 bridgehead atoms. The third kappa shape index (κ3) is 3.88. The Bertz CT molecular complexity index is 35.8. The normalized spacial score (nSPS) is 12.0. The molecule has 0 radical (unpaired) electrons. The maximum atomic E-state index is 5.19. The van der Waals surface area contributed by atoms with Crippen molar-refractivity contribution in [3.8, 4) is 0 Å². The first-order valence-electron chi connectivity index (χ1n) is 1.84. The average molecular weight is 89.1 g/mol. The van der Waals surface area contributed by atoms with E-state index in [1.165, 1.54) is 0 Å². The summed E-state index contributed by atoms with van der Waals surface area (Å²) in [6, 6.07) is 0. The van der Waals surface area contributed by atoms with Gasteiger partial charge >= 0.3 is 0 Å². The highest BCUT2D eigenvalue weighted by Gasteiger charge is 2.04. The lowest BCUT2D eigenvalue weighted by Crippen LogP contribution is -2.52. The van der Waals surface area contributed by atoms with E-state index in [0.717, 1.165) is 0 Å². The van der Waals surface area contributed by atoms with Crippen LogP contribution < -0.4 is 17.2 Å². The van der Waals surface area contributed by atoms with Gasteiger partial charge in [-0.1, -0.05) is 0 Å². The van der Waals surface area contributed by atoms with Crippen LogP contribution in [0.5, 0.6) is 0 Å². The Labute approximate surface area is 37.5 Å². The summed E-state index contributed by atoms with van der Waals surface area (Å²) in [5.41, 5.74) is 14.8. The second-order valence-corrected chi connectivity index (χ2v) is 1.71. The van der Waals surface area contributed by atoms with E-state index in [2.05, 4.69) is 0 Å². The van der Waals surface area contributed by atoms with Crippen LogP contribution in [0.1, 0.15) is 6.92 Å². The molecular formula is C3H11N3. The third-order valence-electron chi connectivity index (χ3n) is 0.440. The zero-order valence-corrected chi connectivity index (χ0v) is 3.94. The summed E-state index contributed by atoms with van der Waals surface area (Å²) in [6.45, 7) is 2.00. The summed E-state index contributed by atoms with van der Waals surface area (Å²) in [6.07, 6.45) is 0. The van der Waals surface area contributed by atoms with Gasteiger partial charge in [0.05, 0.1) is 5.66 Å². The van der Waals surface area contributed by atoms with E-state index in [-0.39, 0.29) is 0 Å². The second kappa shape index (κ2) is 1.55. The lowest BCUT2D eigenvalue weighted by atomic mass is 10.2. The maximum absolute atomic E-state index is 5.19. The maximum Gasteiger partial charge on any atom is 0.0733 e. The van der Waals surface area contributed by atoms with Crippen LogP contribution >= 0.6 is 0 Å². The van der Waals surface area contributed by atoms with E-state index in [4.69, 9.17) is 17.2 Å². The van der Waals surface area contributed by atoms with Gasteiger partial charge in [-0.3, -0.25) is 0 Å². The molecule has 3 heteroatoms. The largest absolute Gasteiger partial charge is 0.328 e. The van der Waals surface area contributed by atoms with E-state index in [1.54, 1.807) is 6.92 Å². The molecule has 0 unspecified atom stereocenters. The van der Waals surface area contributed by atoms with E-state index in [0.29, 0.717) is 6.54 Å². The van der Waals surface area contributed by atoms with Crippen molar-refractivity contribution in [2.24, 2.45) is 17.2 Å². The molecule has 0 aliphatic heterocycles. The van der Waals surface area contributed by atoms with Crippen molar-refractivity contribution >= 4 is 0 Å². The molecule has 6 N–H and O–H groups in total. The van der Waals surface area contributed by atoms with Gasteiger partial charge in [-0.2, -0.15) is 0 Å². The van der Waals surface area contributed by atoms with Crippen LogP contribution in [0, 0.1) is 0 Å². The third-order valence-corrected chi connectivity index (χ3v) is 0.440. The standard InChI is InChI=1S/C3H11N3/c1-3(5,6)2-4/h2,4-6H2,1H3. The van der Waals surface area contributed by atoms with E-state index >= 15 is 0 Å². The van der Waals surface area contributed by atoms with Crippen molar-refractivity contribution in [2.75, 3.05) is 6.54 Å². The van der Waals surface area contributed by atoms with Gasteiger partial charge < -0.3 is 17.2 Å². The monoisotopic (exact) mass is 89.1 g/mol. The predicted molar refractivity (Wildman–Crippen MR) is 25.8 cm³/mol. The molecule has 0 aliphatic carbocycles. The quantitative estimate of drug-likeness (QED) is 0.345. The van der Waals surface area contributed by atoms with Crippen LogP contribution in [0.15, 0.2) is 0 Å². The molecule has 38 valence electrons. The van der Waals surface area contributed by atoms with Crippen LogP contribution in [-0.2, 0) is 0 Å². The smallest absolute Gasteiger partial charge is 0.0733 e. The Hall–Kier alpha value is -0.120. The molecule has 6 heavy (non-hydrogen) atoms. The van der Waals surface area contributed by atoms with Gasteiger partial charge in [0.2, 0.25) is 0 Å². The molecule has 3 nitrogen and oxygen atoms in total. The van der Waals surface area contributed by atoms with Crippen LogP contribution in [0.2, 0.25) is 0 Å². The topological polar surface area (TPSA) is 78.1 Å². The van der Waals surface area contributed by atoms with Crippen LogP contribution in [0.3, 0.4) is 0 Å². The molecule has 0 rings (SSSR count). The fourth-order valence-electron chi connectivity index (χ4n) is 0. The van der Waals surface area contributed by atoms with E-state index < -0.39 is 5.66 Å². The Morgan fingerprint density at radius 3 is 1.67 bits per heavy atom. The average Bonchev–Trinajstić information content (AvgIpc) is 1.35. The van der Waals surface area contributed by atoms with E-state index in [9.17, 15) is 0 Å². The molecule has 0 saturated heterocycles. The van der Waals surface area contributed by atoms with Gasteiger partial charge in [-0.25, -0.2) is 0 Å². The molecule has 0 fully saturated rings. The molecule has 0 atom stereocenters. The summed E-state index contributed by atoms with van der Waals surface area (Å²) in [5, 5.41) is 0. The van der Waals surface area contributed by atoms with Gasteiger partial charge in [0.1, 0.15) is 0 Å². The van der Waals surface area contributed by atoms with Crippen molar-refractivity contribution in [1.29, 1.82) is 0 Å². The Kier molecular flexibility index (Phi) is 1.52. The van der Waals surface area contributed by atoms with Crippen molar-refractivity contribution in [1.82, 2.24) is 0 Å². The van der Waals surface area contributed by atoms with Crippen molar-refractivity contribution in [2.45, 2.75) is 12.6 Å². The van der Waals surface area contributed by atoms with Crippen molar-refractivity contribution in [3.63, 3.8) is 0 Å². The lowest BCUT2D eigenvalue weighted by Gasteiger charge is -2.13. The van der Waals surface area contributed by atoms with Crippen LogP contribution in [-0.4, -0.2) is 12.2 Å². The Morgan fingerprint density at radius 1 is 1.50 bits per heavy atom. The van der Waals surface area contributed by atoms with Gasteiger partial charge in [0.15, 0.2) is 0 Å². The Balaban J connectivity index is 3.17. The number of hydrogen-bond donors (Lipinski definition) is 3. The Morgan fingerprint density at radius 2 is 1.67 bits per heavy atom. The van der Waals surface area contributed by atoms with Crippen molar-refractivity contribution < 1.29 is 0 Å². The summed E-state index contributed by atoms with van der Waals surface area (Å²) in [7, 11) is 0. The minimum atomic E-state index is -0.681. The minimum absolute atomic E-state index is 0.326. The first kappa shape index (κ1) is 5.88. The molecule has 0 spiro atoms. The van der Waals surface area contributed by atoms with Crippen LogP contribution in [0.4, 0.5) is 0 Å². The number of nitrogens with two attached hydrogens (primary N) is 3. The molecule has 0 heterocycles. The van der Waals surface area contributed by atoms with Gasteiger partial charge in [0, 0.05) is 6.54 Å². The summed E-state index contributed by atoms with van der Waals surface area (Å²) in [4.78, 5) is 0. The minimum Gasteiger partial charge on any atom is -0.328 e. The zero-order chi connectivity index (χ0) is 5.21. The fraction of sp³-hybridized carbons (Fsp3) is 1.00. The second-order valence-electron chi connectivity index (χ2n) is 1.71. The molecule has 0 aromatic rings. The highest BCUT2D eigenvalue weighted by molar-refractivity contribution is 4.68. The summed E-state index contributed by atoms with van der Waals surface area (Å²) < 4.78 is 0. The first-order chi connectivity index (χ1) is 2.56. The van der Waals surface area contributed by atoms with Gasteiger partial charge in [-0.05, 0) is 6.92 Å².